The summed E-state index contributed by atoms with van der Waals surface area (Å²) in [5.74, 6) is -0.322. The number of carbonyl (C=O) groups excluding carboxylic acids is 4. The fourth-order valence-electron chi connectivity index (χ4n) is 4.67. The van der Waals surface area contributed by atoms with Crippen LogP contribution in [0.5, 0.6) is 11.5 Å². The van der Waals surface area contributed by atoms with Crippen molar-refractivity contribution in [1.82, 2.24) is 10.6 Å². The Hall–Kier alpha value is -5.88. The number of rotatable bonds is 11. The van der Waals surface area contributed by atoms with Gasteiger partial charge in [0.15, 0.2) is 11.5 Å². The Morgan fingerprint density at radius 1 is 0.854 bits per heavy atom. The number of hydrazone groups is 1. The van der Waals surface area contributed by atoms with Crippen molar-refractivity contribution in [2.45, 2.75) is 23.5 Å². The molecule has 1 heterocycles. The molecule has 0 aromatic heterocycles. The highest BCUT2D eigenvalue weighted by Crippen LogP contribution is 2.29. The lowest BCUT2D eigenvalue weighted by atomic mass is 10.1. The van der Waals surface area contributed by atoms with E-state index in [1.165, 1.54) is 31.0 Å². The minimum Gasteiger partial charge on any atom is -0.493 e. The molecule has 1 unspecified atom stereocenters. The monoisotopic (exact) mass is 663 g/mol. The number of amides is 4. The van der Waals surface area contributed by atoms with Gasteiger partial charge in [0.05, 0.1) is 31.6 Å². The van der Waals surface area contributed by atoms with Gasteiger partial charge in [0.25, 0.3) is 17.7 Å². The molecule has 1 aliphatic rings. The number of anilines is 2. The summed E-state index contributed by atoms with van der Waals surface area (Å²) in [4.78, 5) is 52.8. The van der Waals surface area contributed by atoms with Crippen LogP contribution in [-0.4, -0.2) is 48.9 Å². The number of benzene rings is 4. The first-order valence-corrected chi connectivity index (χ1v) is 15.8. The van der Waals surface area contributed by atoms with E-state index in [1.807, 2.05) is 12.1 Å². The van der Waals surface area contributed by atoms with Gasteiger partial charge in [-0.15, -0.1) is 11.8 Å². The number of ether oxygens (including phenoxy) is 2. The van der Waals surface area contributed by atoms with Gasteiger partial charge in [-0.3, -0.25) is 19.2 Å². The third-order valence-electron chi connectivity index (χ3n) is 7.07. The Labute approximate surface area is 282 Å². The molecule has 3 N–H and O–H groups in total. The molecule has 0 saturated carbocycles. The number of carbonyl (C=O) groups is 4. The molecule has 11 nitrogen and oxygen atoms in total. The van der Waals surface area contributed by atoms with Gasteiger partial charge in [-0.2, -0.15) is 10.1 Å². The summed E-state index contributed by atoms with van der Waals surface area (Å²) in [6.07, 6.45) is 1.53. The van der Waals surface area contributed by atoms with E-state index in [4.69, 9.17) is 9.47 Å². The lowest BCUT2D eigenvalue weighted by Gasteiger charge is -2.14. The Balaban J connectivity index is 1.28. The van der Waals surface area contributed by atoms with Gasteiger partial charge < -0.3 is 25.4 Å². The van der Waals surface area contributed by atoms with Gasteiger partial charge in [0.2, 0.25) is 5.91 Å². The van der Waals surface area contributed by atoms with Crippen molar-refractivity contribution in [1.29, 1.82) is 0 Å². The topological polar surface area (TPSA) is 138 Å². The summed E-state index contributed by atoms with van der Waals surface area (Å²) < 4.78 is 10.7. The number of nitrogens with zero attached hydrogens (tertiary/aromatic N) is 2. The maximum Gasteiger partial charge on any atom is 0.272 e. The molecule has 1 aliphatic heterocycles. The Morgan fingerprint density at radius 2 is 1.56 bits per heavy atom. The summed E-state index contributed by atoms with van der Waals surface area (Å²) >= 11 is 1.27. The highest BCUT2D eigenvalue weighted by molar-refractivity contribution is 8.00. The predicted molar refractivity (Wildman–Crippen MR) is 186 cm³/mol. The van der Waals surface area contributed by atoms with Crippen LogP contribution in [0.4, 0.5) is 11.4 Å². The molecule has 0 saturated heterocycles. The van der Waals surface area contributed by atoms with Crippen LogP contribution < -0.4 is 30.4 Å². The molecule has 4 aromatic carbocycles. The molecular formula is C36H33N5O6S. The van der Waals surface area contributed by atoms with Crippen molar-refractivity contribution in [2.75, 3.05) is 24.5 Å². The number of para-hydroxylation sites is 1. The van der Waals surface area contributed by atoms with Crippen LogP contribution in [0.25, 0.3) is 6.08 Å². The van der Waals surface area contributed by atoms with Crippen LogP contribution >= 0.6 is 11.8 Å². The zero-order valence-corrected chi connectivity index (χ0v) is 27.2. The molecule has 0 fully saturated rings. The third kappa shape index (κ3) is 8.47. The number of hydrogen-bond donors (Lipinski definition) is 3. The molecular weight excluding hydrogens is 630 g/mol. The number of amidine groups is 1. The van der Waals surface area contributed by atoms with E-state index in [-0.39, 0.29) is 29.8 Å². The van der Waals surface area contributed by atoms with E-state index < -0.39 is 17.1 Å². The molecule has 4 aromatic rings. The average Bonchev–Trinajstić information content (AvgIpc) is 3.47. The highest BCUT2D eigenvalue weighted by atomic mass is 32.2. The van der Waals surface area contributed by atoms with Crippen LogP contribution in [0, 0.1) is 0 Å². The maximum atomic E-state index is 13.6. The summed E-state index contributed by atoms with van der Waals surface area (Å²) in [5, 5.41) is 13.3. The number of methoxy groups -OCH3 is 2. The zero-order chi connectivity index (χ0) is 34.0. The van der Waals surface area contributed by atoms with E-state index in [1.54, 1.807) is 104 Å². The molecule has 12 heteroatoms. The molecule has 5 rings (SSSR count). The lowest BCUT2D eigenvalue weighted by Crippen LogP contribution is -2.35. The van der Waals surface area contributed by atoms with Crippen molar-refractivity contribution in [3.8, 4) is 11.5 Å². The third-order valence-corrected chi connectivity index (χ3v) is 8.16. The van der Waals surface area contributed by atoms with Crippen molar-refractivity contribution < 1.29 is 28.7 Å². The van der Waals surface area contributed by atoms with Crippen molar-refractivity contribution in [3.05, 3.63) is 120 Å². The summed E-state index contributed by atoms with van der Waals surface area (Å²) in [6.45, 7) is 1.74. The fourth-order valence-corrected chi connectivity index (χ4v) is 5.60. The zero-order valence-electron chi connectivity index (χ0n) is 26.4. The standard InChI is InChI=1S/C36H33N5O6S/c1-23(34(43)39-32-22-33(42)41(40-32)27-14-8-5-9-15-27)48-28-16-10-13-26(21-28)37-36(45)29(38-35(44)25-11-6-4-7-12-25)19-24-17-18-30(46-2)31(20-24)47-3/h4-21,23H,22H2,1-3H3,(H,37,45)(H,38,44)(H,39,40,43)/b29-19+. The van der Waals surface area contributed by atoms with Crippen LogP contribution in [-0.2, 0) is 14.4 Å². The van der Waals surface area contributed by atoms with Crippen LogP contribution in [0.1, 0.15) is 29.3 Å². The van der Waals surface area contributed by atoms with Gasteiger partial charge in [0, 0.05) is 16.1 Å². The second-order valence-electron chi connectivity index (χ2n) is 10.5. The number of thioether (sulfide) groups is 1. The molecule has 48 heavy (non-hydrogen) atoms. The average molecular weight is 664 g/mol. The van der Waals surface area contributed by atoms with E-state index in [2.05, 4.69) is 21.1 Å². The molecule has 1 atom stereocenters. The Kier molecular flexibility index (Phi) is 10.9. The minimum absolute atomic E-state index is 0.00157. The molecule has 0 aliphatic carbocycles. The second-order valence-corrected chi connectivity index (χ2v) is 11.9. The first-order chi connectivity index (χ1) is 23.2. The first-order valence-electron chi connectivity index (χ1n) is 14.9. The Bertz CT molecular complexity index is 1880. The first kappa shape index (κ1) is 33.5. The molecule has 244 valence electrons. The van der Waals surface area contributed by atoms with Gasteiger partial charge in [-0.25, -0.2) is 0 Å². The maximum absolute atomic E-state index is 13.6. The molecule has 0 bridgehead atoms. The minimum atomic E-state index is -0.561. The highest BCUT2D eigenvalue weighted by Gasteiger charge is 2.27. The molecule has 0 spiro atoms. The van der Waals surface area contributed by atoms with Crippen LogP contribution in [0.15, 0.2) is 119 Å². The quantitative estimate of drug-likeness (QED) is 0.143. The van der Waals surface area contributed by atoms with Crippen molar-refractivity contribution >= 4 is 58.7 Å². The molecule has 4 amide bonds. The van der Waals surface area contributed by atoms with Gasteiger partial charge >= 0.3 is 0 Å². The van der Waals surface area contributed by atoms with Gasteiger partial charge in [-0.1, -0.05) is 48.5 Å². The lowest BCUT2D eigenvalue weighted by molar-refractivity contribution is -0.119. The summed E-state index contributed by atoms with van der Waals surface area (Å²) in [6, 6.07) is 29.7. The van der Waals surface area contributed by atoms with E-state index in [0.717, 1.165) is 0 Å². The number of hydrogen-bond acceptors (Lipinski definition) is 8. The van der Waals surface area contributed by atoms with Gasteiger partial charge in [-0.05, 0) is 73.2 Å². The normalized spacial score (nSPS) is 13.3. The summed E-state index contributed by atoms with van der Waals surface area (Å²) in [5.41, 5.74) is 2.05. The van der Waals surface area contributed by atoms with E-state index >= 15 is 0 Å². The fraction of sp³-hybridized carbons (Fsp3) is 0.139. The van der Waals surface area contributed by atoms with Crippen LogP contribution in [0.3, 0.4) is 0 Å². The second kappa shape index (κ2) is 15.6. The van der Waals surface area contributed by atoms with E-state index in [0.29, 0.717) is 38.9 Å². The van der Waals surface area contributed by atoms with Crippen LogP contribution in [0.2, 0.25) is 0 Å². The number of nitrogens with one attached hydrogen (secondary N) is 3. The van der Waals surface area contributed by atoms with Crippen molar-refractivity contribution in [2.24, 2.45) is 5.10 Å². The predicted octanol–water partition coefficient (Wildman–Crippen LogP) is 5.46. The SMILES string of the molecule is COc1ccc(/C=C(/NC(=O)c2ccccc2)C(=O)Nc2cccc(SC(C)C(=O)NC3=NN(c4ccccc4)C(=O)C3)c2)cc1OC. The van der Waals surface area contributed by atoms with Gasteiger partial charge in [0.1, 0.15) is 11.5 Å². The Morgan fingerprint density at radius 3 is 2.27 bits per heavy atom. The van der Waals surface area contributed by atoms with Crippen molar-refractivity contribution in [3.63, 3.8) is 0 Å². The summed E-state index contributed by atoms with van der Waals surface area (Å²) in [7, 11) is 3.03. The largest absolute Gasteiger partial charge is 0.493 e. The molecule has 0 radical (unpaired) electrons. The smallest absolute Gasteiger partial charge is 0.272 e. The van der Waals surface area contributed by atoms with E-state index in [9.17, 15) is 19.2 Å².